The number of para-hydroxylation sites is 1. The van der Waals surface area contributed by atoms with Crippen molar-refractivity contribution in [3.05, 3.63) is 34.5 Å². The van der Waals surface area contributed by atoms with Crippen molar-refractivity contribution in [2.24, 2.45) is 5.41 Å². The van der Waals surface area contributed by atoms with Crippen LogP contribution in [0.1, 0.15) is 31.3 Å². The fourth-order valence-electron chi connectivity index (χ4n) is 1.99. The number of carboxylic acids is 1. The Hall–Kier alpha value is -1.82. The zero-order valence-electron chi connectivity index (χ0n) is 11.9. The fraction of sp³-hybridized carbons (Fsp3) is 0.333. The molecule has 0 aliphatic rings. The van der Waals surface area contributed by atoms with Crippen LogP contribution in [0.25, 0.3) is 11.0 Å². The van der Waals surface area contributed by atoms with Gasteiger partial charge in [-0.05, 0) is 33.5 Å². The Bertz CT molecular complexity index is 699. The van der Waals surface area contributed by atoms with Crippen LogP contribution in [0.4, 0.5) is 0 Å². The maximum absolute atomic E-state index is 12.2. The number of carbonyl (C=O) groups excluding carboxylic acids is 1. The summed E-state index contributed by atoms with van der Waals surface area (Å²) in [6.45, 7) is 5.25. The molecule has 6 heteroatoms. The van der Waals surface area contributed by atoms with E-state index in [0.717, 1.165) is 9.86 Å². The summed E-state index contributed by atoms with van der Waals surface area (Å²) in [5.74, 6) is -1.53. The fourth-order valence-corrected chi connectivity index (χ4v) is 2.45. The number of rotatable bonds is 3. The molecule has 1 amide bonds. The van der Waals surface area contributed by atoms with E-state index in [1.807, 2.05) is 18.2 Å². The third-order valence-corrected chi connectivity index (χ3v) is 3.73. The summed E-state index contributed by atoms with van der Waals surface area (Å²) in [4.78, 5) is 23.5. The molecule has 0 spiro atoms. The van der Waals surface area contributed by atoms with Gasteiger partial charge in [0.15, 0.2) is 5.76 Å². The average molecular weight is 354 g/mol. The molecule has 5 nitrogen and oxygen atoms in total. The predicted octanol–water partition coefficient (Wildman–Crippen LogP) is 3.42. The van der Waals surface area contributed by atoms with Gasteiger partial charge in [0, 0.05) is 5.39 Å². The minimum atomic E-state index is -1.08. The molecular formula is C15H16BrNO4. The van der Waals surface area contributed by atoms with E-state index in [-0.39, 0.29) is 5.76 Å². The normalized spacial score (nSPS) is 13.1. The zero-order chi connectivity index (χ0) is 15.8. The predicted molar refractivity (Wildman–Crippen MR) is 82.3 cm³/mol. The van der Waals surface area contributed by atoms with Crippen molar-refractivity contribution in [3.8, 4) is 0 Å². The minimum Gasteiger partial charge on any atom is -0.480 e. The highest BCUT2D eigenvalue weighted by Crippen LogP contribution is 2.27. The molecule has 1 unspecified atom stereocenters. The van der Waals surface area contributed by atoms with E-state index < -0.39 is 23.3 Å². The molecule has 1 aromatic heterocycles. The number of hydrogen-bond acceptors (Lipinski definition) is 3. The topological polar surface area (TPSA) is 79.5 Å². The Balaban J connectivity index is 2.30. The lowest BCUT2D eigenvalue weighted by molar-refractivity contribution is -0.142. The second kappa shape index (κ2) is 5.52. The summed E-state index contributed by atoms with van der Waals surface area (Å²) in [6.07, 6.45) is 0. The van der Waals surface area contributed by atoms with Crippen LogP contribution in [0.2, 0.25) is 0 Å². The van der Waals surface area contributed by atoms with Crippen LogP contribution >= 0.6 is 15.9 Å². The third-order valence-electron chi connectivity index (χ3n) is 3.11. The highest BCUT2D eigenvalue weighted by molar-refractivity contribution is 9.10. The summed E-state index contributed by atoms with van der Waals surface area (Å²) in [5, 5.41) is 12.5. The first kappa shape index (κ1) is 15.6. The summed E-state index contributed by atoms with van der Waals surface area (Å²) < 4.78 is 6.24. The van der Waals surface area contributed by atoms with Crippen LogP contribution < -0.4 is 5.32 Å². The van der Waals surface area contributed by atoms with E-state index in [4.69, 9.17) is 4.42 Å². The number of nitrogens with one attached hydrogen (secondary N) is 1. The first-order valence-electron chi connectivity index (χ1n) is 6.42. The Kier molecular flexibility index (Phi) is 4.09. The smallest absolute Gasteiger partial charge is 0.326 e. The molecule has 21 heavy (non-hydrogen) atoms. The van der Waals surface area contributed by atoms with E-state index in [2.05, 4.69) is 21.2 Å². The number of halogens is 1. The molecule has 2 N–H and O–H groups in total. The molecule has 1 aromatic carbocycles. The standard InChI is InChI=1S/C15H16BrNO4/c1-15(2,3)12(14(19)20)17-13(18)10-7-8-5-4-6-9(16)11(8)21-10/h4-7,12H,1-3H3,(H,17,18)(H,19,20). The summed E-state index contributed by atoms with van der Waals surface area (Å²) >= 11 is 3.35. The van der Waals surface area contributed by atoms with Gasteiger partial charge >= 0.3 is 5.97 Å². The maximum atomic E-state index is 12.2. The lowest BCUT2D eigenvalue weighted by Crippen LogP contribution is -2.49. The van der Waals surface area contributed by atoms with E-state index in [0.29, 0.717) is 5.58 Å². The van der Waals surface area contributed by atoms with Crippen molar-refractivity contribution < 1.29 is 19.1 Å². The van der Waals surface area contributed by atoms with E-state index in [9.17, 15) is 14.7 Å². The van der Waals surface area contributed by atoms with Crippen molar-refractivity contribution in [1.82, 2.24) is 5.32 Å². The van der Waals surface area contributed by atoms with Crippen molar-refractivity contribution in [2.75, 3.05) is 0 Å². The first-order chi connectivity index (χ1) is 9.70. The number of furan rings is 1. The van der Waals surface area contributed by atoms with Crippen LogP contribution in [0.5, 0.6) is 0 Å². The average Bonchev–Trinajstić information content (AvgIpc) is 2.79. The molecule has 1 atom stereocenters. The van der Waals surface area contributed by atoms with Crippen LogP contribution in [0.15, 0.2) is 33.2 Å². The molecule has 0 saturated heterocycles. The van der Waals surface area contributed by atoms with Gasteiger partial charge in [0.05, 0.1) is 4.47 Å². The number of benzene rings is 1. The maximum Gasteiger partial charge on any atom is 0.326 e. The zero-order valence-corrected chi connectivity index (χ0v) is 13.5. The van der Waals surface area contributed by atoms with Crippen molar-refractivity contribution in [1.29, 1.82) is 0 Å². The van der Waals surface area contributed by atoms with Gasteiger partial charge in [-0.2, -0.15) is 0 Å². The number of amides is 1. The molecule has 112 valence electrons. The lowest BCUT2D eigenvalue weighted by atomic mass is 9.87. The molecule has 0 aliphatic heterocycles. The Labute approximate surface area is 130 Å². The second-order valence-electron chi connectivity index (χ2n) is 5.88. The molecule has 1 heterocycles. The van der Waals surface area contributed by atoms with Gasteiger partial charge in [-0.15, -0.1) is 0 Å². The van der Waals surface area contributed by atoms with Crippen LogP contribution in [-0.2, 0) is 4.79 Å². The largest absolute Gasteiger partial charge is 0.480 e. The first-order valence-corrected chi connectivity index (χ1v) is 7.21. The number of carboxylic acid groups (broad SMARTS) is 1. The molecule has 2 aromatic rings. The third kappa shape index (κ3) is 3.26. The monoisotopic (exact) mass is 353 g/mol. The number of aliphatic carboxylic acids is 1. The highest BCUT2D eigenvalue weighted by atomic mass is 79.9. The number of fused-ring (bicyclic) bond motifs is 1. The Morgan fingerprint density at radius 1 is 1.33 bits per heavy atom. The van der Waals surface area contributed by atoms with E-state index >= 15 is 0 Å². The summed E-state index contributed by atoms with van der Waals surface area (Å²) in [7, 11) is 0. The minimum absolute atomic E-state index is 0.0902. The van der Waals surface area contributed by atoms with Gasteiger partial charge in [-0.3, -0.25) is 4.79 Å². The Morgan fingerprint density at radius 3 is 2.52 bits per heavy atom. The summed E-state index contributed by atoms with van der Waals surface area (Å²) in [6, 6.07) is 6.05. The highest BCUT2D eigenvalue weighted by Gasteiger charge is 2.33. The van der Waals surface area contributed by atoms with Crippen LogP contribution in [0, 0.1) is 5.41 Å². The molecular weight excluding hydrogens is 338 g/mol. The van der Waals surface area contributed by atoms with Gasteiger partial charge in [-0.25, -0.2) is 4.79 Å². The van der Waals surface area contributed by atoms with E-state index in [1.54, 1.807) is 26.8 Å². The van der Waals surface area contributed by atoms with Crippen molar-refractivity contribution >= 4 is 38.8 Å². The molecule has 0 bridgehead atoms. The van der Waals surface area contributed by atoms with Crippen molar-refractivity contribution in [2.45, 2.75) is 26.8 Å². The SMILES string of the molecule is CC(C)(C)C(NC(=O)c1cc2cccc(Br)c2o1)C(=O)O. The molecule has 0 saturated carbocycles. The van der Waals surface area contributed by atoms with Gasteiger partial charge in [-0.1, -0.05) is 32.9 Å². The lowest BCUT2D eigenvalue weighted by Gasteiger charge is -2.27. The summed E-state index contributed by atoms with van der Waals surface area (Å²) in [5.41, 5.74) is -0.0426. The second-order valence-corrected chi connectivity index (χ2v) is 6.73. The quantitative estimate of drug-likeness (QED) is 0.885. The van der Waals surface area contributed by atoms with Gasteiger partial charge < -0.3 is 14.8 Å². The van der Waals surface area contributed by atoms with Crippen molar-refractivity contribution in [3.63, 3.8) is 0 Å². The number of hydrogen-bond donors (Lipinski definition) is 2. The van der Waals surface area contributed by atoms with Gasteiger partial charge in [0.1, 0.15) is 11.6 Å². The molecule has 0 fully saturated rings. The molecule has 2 rings (SSSR count). The number of carbonyl (C=O) groups is 2. The Morgan fingerprint density at radius 2 is 2.00 bits per heavy atom. The molecule has 0 radical (unpaired) electrons. The van der Waals surface area contributed by atoms with Crippen LogP contribution in [0.3, 0.4) is 0 Å². The van der Waals surface area contributed by atoms with E-state index in [1.165, 1.54) is 0 Å². The van der Waals surface area contributed by atoms with Gasteiger partial charge in [0.25, 0.3) is 5.91 Å². The van der Waals surface area contributed by atoms with Gasteiger partial charge in [0.2, 0.25) is 0 Å². The molecule has 0 aliphatic carbocycles. The van der Waals surface area contributed by atoms with Crippen LogP contribution in [-0.4, -0.2) is 23.0 Å².